The van der Waals surface area contributed by atoms with Crippen molar-refractivity contribution in [1.29, 1.82) is 0 Å². The molecule has 4 aromatic rings. The van der Waals surface area contributed by atoms with Crippen LogP contribution in [-0.2, 0) is 12.7 Å². The number of hydrogen-bond donors (Lipinski definition) is 3. The van der Waals surface area contributed by atoms with Crippen LogP contribution in [0.2, 0.25) is 0 Å². The van der Waals surface area contributed by atoms with Gasteiger partial charge in [-0.3, -0.25) is 4.79 Å². The van der Waals surface area contributed by atoms with Crippen LogP contribution < -0.4 is 21.1 Å². The summed E-state index contributed by atoms with van der Waals surface area (Å²) in [5, 5.41) is 6.55. The number of halogens is 3. The number of hydrogen-bond acceptors (Lipinski definition) is 9. The number of fused-ring (bicyclic) bond motifs is 1. The second kappa shape index (κ2) is 10.2. The van der Waals surface area contributed by atoms with Gasteiger partial charge < -0.3 is 25.5 Å². The highest BCUT2D eigenvalue weighted by Gasteiger charge is 2.33. The number of ether oxygens (including phenoxy) is 1. The van der Waals surface area contributed by atoms with Gasteiger partial charge in [-0.1, -0.05) is 0 Å². The standard InChI is InChI=1S/C25H24F3N7O3/c1-37-17-7-5-16(15-6-8-19(25(26,27)28)34-20(15)17)23-35-21(18(12-29)38-23)22(36)32-13-3-4-14(11-13)33-24-30-9-2-10-31-24/h2,5-10,13-14H,3-4,11-12,29H2,1H3,(H,32,36)(H,30,31,33)/t13-,14?/m0/s1. The Morgan fingerprint density at radius 3 is 2.61 bits per heavy atom. The number of nitrogens with two attached hydrogens (primary N) is 1. The molecule has 0 saturated heterocycles. The number of nitrogens with one attached hydrogen (secondary N) is 2. The van der Waals surface area contributed by atoms with Crippen molar-refractivity contribution < 1.29 is 27.1 Å². The number of benzene rings is 1. The van der Waals surface area contributed by atoms with E-state index in [-0.39, 0.29) is 47.2 Å². The largest absolute Gasteiger partial charge is 0.494 e. The van der Waals surface area contributed by atoms with Gasteiger partial charge in [-0.2, -0.15) is 13.2 Å². The number of alkyl halides is 3. The fourth-order valence-electron chi connectivity index (χ4n) is 4.54. The Kier molecular flexibility index (Phi) is 6.85. The van der Waals surface area contributed by atoms with E-state index < -0.39 is 17.8 Å². The van der Waals surface area contributed by atoms with Crippen molar-refractivity contribution in [2.75, 3.05) is 12.4 Å². The van der Waals surface area contributed by atoms with Crippen molar-refractivity contribution in [3.8, 4) is 17.2 Å². The molecular formula is C25H24F3N7O3. The molecule has 10 nitrogen and oxygen atoms in total. The number of aromatic nitrogens is 4. The molecule has 1 unspecified atom stereocenters. The van der Waals surface area contributed by atoms with Gasteiger partial charge in [0.25, 0.3) is 5.91 Å². The molecule has 1 amide bonds. The molecule has 1 aliphatic rings. The van der Waals surface area contributed by atoms with Crippen LogP contribution >= 0.6 is 0 Å². The lowest BCUT2D eigenvalue weighted by Crippen LogP contribution is -2.34. The highest BCUT2D eigenvalue weighted by atomic mass is 19.4. The molecule has 1 aliphatic carbocycles. The molecule has 0 radical (unpaired) electrons. The third kappa shape index (κ3) is 5.09. The molecule has 2 atom stereocenters. The van der Waals surface area contributed by atoms with Gasteiger partial charge in [-0.25, -0.2) is 19.9 Å². The summed E-state index contributed by atoms with van der Waals surface area (Å²) < 4.78 is 50.8. The summed E-state index contributed by atoms with van der Waals surface area (Å²) >= 11 is 0. The third-order valence-electron chi connectivity index (χ3n) is 6.33. The fourth-order valence-corrected chi connectivity index (χ4v) is 4.54. The Hall–Kier alpha value is -4.26. The minimum Gasteiger partial charge on any atom is -0.494 e. The zero-order valence-electron chi connectivity index (χ0n) is 20.2. The van der Waals surface area contributed by atoms with E-state index in [1.807, 2.05) is 0 Å². The second-order valence-corrected chi connectivity index (χ2v) is 8.80. The Morgan fingerprint density at radius 2 is 1.89 bits per heavy atom. The molecule has 0 bridgehead atoms. The van der Waals surface area contributed by atoms with Crippen LogP contribution in [0.1, 0.15) is 41.2 Å². The smallest absolute Gasteiger partial charge is 0.433 e. The first-order valence-electron chi connectivity index (χ1n) is 11.9. The van der Waals surface area contributed by atoms with Crippen LogP contribution in [0.25, 0.3) is 22.4 Å². The van der Waals surface area contributed by atoms with Gasteiger partial charge in [0.1, 0.15) is 17.0 Å². The van der Waals surface area contributed by atoms with Crippen LogP contribution in [0.5, 0.6) is 5.75 Å². The number of rotatable bonds is 7. The summed E-state index contributed by atoms with van der Waals surface area (Å²) in [6, 6.07) is 6.93. The van der Waals surface area contributed by atoms with Crippen LogP contribution in [0.3, 0.4) is 0 Å². The van der Waals surface area contributed by atoms with E-state index in [4.69, 9.17) is 14.9 Å². The molecule has 4 N–H and O–H groups in total. The SMILES string of the molecule is COc1ccc(-c2nc(C(=O)N[C@H]3CCC(Nc4ncccn4)C3)c(CN)o2)c2ccc(C(F)(F)F)nc12. The third-order valence-corrected chi connectivity index (χ3v) is 6.33. The monoisotopic (exact) mass is 527 g/mol. The molecule has 3 aromatic heterocycles. The maximum Gasteiger partial charge on any atom is 0.433 e. The normalized spacial score (nSPS) is 17.5. The predicted molar refractivity (Wildman–Crippen MR) is 131 cm³/mol. The molecule has 0 aliphatic heterocycles. The summed E-state index contributed by atoms with van der Waals surface area (Å²) in [4.78, 5) is 29.6. The molecule has 0 spiro atoms. The lowest BCUT2D eigenvalue weighted by molar-refractivity contribution is -0.140. The van der Waals surface area contributed by atoms with Crippen LogP contribution in [-0.4, -0.2) is 45.0 Å². The molecule has 3 heterocycles. The Morgan fingerprint density at radius 1 is 1.13 bits per heavy atom. The number of pyridine rings is 1. The van der Waals surface area contributed by atoms with Crippen molar-refractivity contribution in [2.45, 2.75) is 44.1 Å². The Bertz CT molecular complexity index is 1460. The number of oxazole rings is 1. The van der Waals surface area contributed by atoms with E-state index in [1.54, 1.807) is 24.5 Å². The number of anilines is 1. The van der Waals surface area contributed by atoms with E-state index in [1.165, 1.54) is 19.2 Å². The lowest BCUT2D eigenvalue weighted by Gasteiger charge is -2.14. The fraction of sp³-hybridized carbons (Fsp3) is 0.320. The predicted octanol–water partition coefficient (Wildman–Crippen LogP) is 3.93. The maximum absolute atomic E-state index is 13.3. The van der Waals surface area contributed by atoms with Crippen LogP contribution in [0.4, 0.5) is 19.1 Å². The molecule has 13 heteroatoms. The minimum absolute atomic E-state index is 0.00906. The summed E-state index contributed by atoms with van der Waals surface area (Å²) in [5.74, 6) is 0.435. The molecular weight excluding hydrogens is 503 g/mol. The highest BCUT2D eigenvalue weighted by molar-refractivity contribution is 5.98. The van der Waals surface area contributed by atoms with Crippen molar-refractivity contribution in [3.05, 3.63) is 59.9 Å². The average Bonchev–Trinajstić information content (AvgIpc) is 3.54. The summed E-state index contributed by atoms with van der Waals surface area (Å²) in [5.41, 5.74) is 5.13. The zero-order valence-corrected chi connectivity index (χ0v) is 20.2. The van der Waals surface area contributed by atoms with E-state index in [0.29, 0.717) is 23.3 Å². The topological polar surface area (TPSA) is 141 Å². The number of nitrogens with zero attached hydrogens (tertiary/aromatic N) is 4. The van der Waals surface area contributed by atoms with Gasteiger partial charge >= 0.3 is 6.18 Å². The second-order valence-electron chi connectivity index (χ2n) is 8.80. The lowest BCUT2D eigenvalue weighted by atomic mass is 10.1. The number of carbonyl (C=O) groups excluding carboxylic acids is 1. The zero-order chi connectivity index (χ0) is 26.9. The highest BCUT2D eigenvalue weighted by Crippen LogP contribution is 2.37. The summed E-state index contributed by atoms with van der Waals surface area (Å²) in [6.07, 6.45) is 0.910. The average molecular weight is 528 g/mol. The van der Waals surface area contributed by atoms with Gasteiger partial charge in [-0.15, -0.1) is 0 Å². The van der Waals surface area contributed by atoms with Crippen LogP contribution in [0.15, 0.2) is 47.1 Å². The molecule has 5 rings (SSSR count). The molecule has 38 heavy (non-hydrogen) atoms. The first-order valence-corrected chi connectivity index (χ1v) is 11.9. The van der Waals surface area contributed by atoms with Gasteiger partial charge in [-0.05, 0) is 49.6 Å². The minimum atomic E-state index is -4.63. The number of carbonyl (C=O) groups is 1. The van der Waals surface area contributed by atoms with Gasteiger partial charge in [0, 0.05) is 35.4 Å². The summed E-state index contributed by atoms with van der Waals surface area (Å²) in [7, 11) is 1.34. The first-order chi connectivity index (χ1) is 18.3. The maximum atomic E-state index is 13.3. The van der Waals surface area contributed by atoms with Crippen molar-refractivity contribution in [3.63, 3.8) is 0 Å². The molecule has 1 saturated carbocycles. The van der Waals surface area contributed by atoms with Gasteiger partial charge in [0.05, 0.1) is 13.7 Å². The van der Waals surface area contributed by atoms with E-state index in [9.17, 15) is 18.0 Å². The number of methoxy groups -OCH3 is 1. The van der Waals surface area contributed by atoms with E-state index in [2.05, 4.69) is 30.6 Å². The molecule has 1 fully saturated rings. The quantitative estimate of drug-likeness (QED) is 0.326. The van der Waals surface area contributed by atoms with E-state index >= 15 is 0 Å². The first kappa shape index (κ1) is 25.4. The Labute approximate surface area is 214 Å². The van der Waals surface area contributed by atoms with Crippen molar-refractivity contribution >= 4 is 22.8 Å². The summed E-state index contributed by atoms with van der Waals surface area (Å²) in [6.45, 7) is -0.0967. The number of amides is 1. The van der Waals surface area contributed by atoms with Crippen molar-refractivity contribution in [2.24, 2.45) is 5.73 Å². The van der Waals surface area contributed by atoms with Crippen LogP contribution in [0, 0.1) is 0 Å². The molecule has 1 aromatic carbocycles. The Balaban J connectivity index is 1.38. The van der Waals surface area contributed by atoms with Gasteiger partial charge in [0.2, 0.25) is 11.8 Å². The van der Waals surface area contributed by atoms with E-state index in [0.717, 1.165) is 18.9 Å². The molecule has 198 valence electrons. The van der Waals surface area contributed by atoms with Gasteiger partial charge in [0.15, 0.2) is 11.5 Å². The van der Waals surface area contributed by atoms with Crippen molar-refractivity contribution in [1.82, 2.24) is 25.3 Å².